The average molecular weight is 394 g/mol. The summed E-state index contributed by atoms with van der Waals surface area (Å²) in [6.45, 7) is 2.19. The number of rotatable bonds is 6. The number of aromatic nitrogens is 1. The molecule has 2 amide bonds. The number of benzene rings is 2. The van der Waals surface area contributed by atoms with Crippen LogP contribution < -0.4 is 10.6 Å². The van der Waals surface area contributed by atoms with E-state index in [9.17, 15) is 9.59 Å². The molecule has 142 valence electrons. The summed E-state index contributed by atoms with van der Waals surface area (Å²) in [5.41, 5.74) is 2.36. The first kappa shape index (κ1) is 19.6. The zero-order valence-electron chi connectivity index (χ0n) is 15.4. The van der Waals surface area contributed by atoms with E-state index in [4.69, 9.17) is 11.6 Å². The quantitative estimate of drug-likeness (QED) is 0.660. The van der Waals surface area contributed by atoms with Crippen LogP contribution in [0.2, 0.25) is 5.02 Å². The molecule has 1 heterocycles. The van der Waals surface area contributed by atoms with E-state index in [0.717, 1.165) is 11.1 Å². The van der Waals surface area contributed by atoms with Crippen LogP contribution in [0.15, 0.2) is 72.9 Å². The standard InChI is InChI=1S/C22H20ClN3O2/c1-15(16-7-3-2-4-8-16)26-21(27)17-11-12-24-20(13-17)22(28)25-14-18-9-5-6-10-19(18)23/h2-13,15H,14H2,1H3,(H,25,28)(H,26,27). The topological polar surface area (TPSA) is 71.1 Å². The van der Waals surface area contributed by atoms with Crippen molar-refractivity contribution in [1.82, 2.24) is 15.6 Å². The Labute approximate surface area is 168 Å². The van der Waals surface area contributed by atoms with Crippen LogP contribution in [0.3, 0.4) is 0 Å². The second-order valence-electron chi connectivity index (χ2n) is 6.31. The Kier molecular flexibility index (Phi) is 6.40. The van der Waals surface area contributed by atoms with Gasteiger partial charge in [-0.1, -0.05) is 60.1 Å². The summed E-state index contributed by atoms with van der Waals surface area (Å²) in [6.07, 6.45) is 1.45. The molecule has 1 atom stereocenters. The molecule has 0 aliphatic carbocycles. The molecule has 1 aromatic heterocycles. The predicted molar refractivity (Wildman–Crippen MR) is 109 cm³/mol. The van der Waals surface area contributed by atoms with Crippen LogP contribution in [0.4, 0.5) is 0 Å². The number of amides is 2. The van der Waals surface area contributed by atoms with E-state index >= 15 is 0 Å². The second kappa shape index (κ2) is 9.15. The molecule has 0 bridgehead atoms. The highest BCUT2D eigenvalue weighted by atomic mass is 35.5. The predicted octanol–water partition coefficient (Wildman–Crippen LogP) is 4.16. The van der Waals surface area contributed by atoms with Crippen LogP contribution in [0.1, 0.15) is 44.9 Å². The molecular formula is C22H20ClN3O2. The lowest BCUT2D eigenvalue weighted by Crippen LogP contribution is -2.28. The molecular weight excluding hydrogens is 374 g/mol. The number of hydrogen-bond donors (Lipinski definition) is 2. The third kappa shape index (κ3) is 4.96. The minimum atomic E-state index is -0.370. The van der Waals surface area contributed by atoms with Gasteiger partial charge in [0.2, 0.25) is 0 Å². The van der Waals surface area contributed by atoms with Crippen molar-refractivity contribution in [1.29, 1.82) is 0 Å². The van der Waals surface area contributed by atoms with Crippen molar-refractivity contribution in [2.24, 2.45) is 0 Å². The Hall–Kier alpha value is -3.18. The molecule has 3 rings (SSSR count). The smallest absolute Gasteiger partial charge is 0.270 e. The first-order valence-corrected chi connectivity index (χ1v) is 9.26. The van der Waals surface area contributed by atoms with E-state index in [-0.39, 0.29) is 30.1 Å². The Balaban J connectivity index is 1.65. The lowest BCUT2D eigenvalue weighted by molar-refractivity contribution is 0.0939. The van der Waals surface area contributed by atoms with E-state index < -0.39 is 0 Å². The fraction of sp³-hybridized carbons (Fsp3) is 0.136. The van der Waals surface area contributed by atoms with E-state index in [1.54, 1.807) is 12.1 Å². The van der Waals surface area contributed by atoms with Gasteiger partial charge in [0, 0.05) is 23.3 Å². The van der Waals surface area contributed by atoms with Crippen molar-refractivity contribution in [2.75, 3.05) is 0 Å². The van der Waals surface area contributed by atoms with Crippen molar-refractivity contribution in [3.63, 3.8) is 0 Å². The minimum absolute atomic E-state index is 0.153. The van der Waals surface area contributed by atoms with Crippen LogP contribution in [-0.4, -0.2) is 16.8 Å². The lowest BCUT2D eigenvalue weighted by Gasteiger charge is -2.14. The van der Waals surface area contributed by atoms with Crippen LogP contribution >= 0.6 is 11.6 Å². The number of hydrogen-bond acceptors (Lipinski definition) is 3. The highest BCUT2D eigenvalue weighted by Gasteiger charge is 2.14. The zero-order chi connectivity index (χ0) is 19.9. The first-order chi connectivity index (χ1) is 13.5. The zero-order valence-corrected chi connectivity index (χ0v) is 16.1. The number of carbonyl (C=O) groups is 2. The van der Waals surface area contributed by atoms with Gasteiger partial charge in [-0.25, -0.2) is 0 Å². The molecule has 0 aliphatic rings. The average Bonchev–Trinajstić information content (AvgIpc) is 2.73. The monoisotopic (exact) mass is 393 g/mol. The first-order valence-electron chi connectivity index (χ1n) is 8.88. The van der Waals surface area contributed by atoms with Gasteiger partial charge >= 0.3 is 0 Å². The third-order valence-electron chi connectivity index (χ3n) is 4.30. The summed E-state index contributed by atoms with van der Waals surface area (Å²) in [7, 11) is 0. The maximum atomic E-state index is 12.5. The summed E-state index contributed by atoms with van der Waals surface area (Å²) in [4.78, 5) is 29.0. The van der Waals surface area contributed by atoms with Crippen LogP contribution in [0.5, 0.6) is 0 Å². The van der Waals surface area contributed by atoms with Crippen molar-refractivity contribution in [2.45, 2.75) is 19.5 Å². The maximum Gasteiger partial charge on any atom is 0.270 e. The third-order valence-corrected chi connectivity index (χ3v) is 4.67. The van der Waals surface area contributed by atoms with Gasteiger partial charge in [-0.15, -0.1) is 0 Å². The van der Waals surface area contributed by atoms with E-state index in [0.29, 0.717) is 10.6 Å². The Morgan fingerprint density at radius 3 is 2.46 bits per heavy atom. The Bertz CT molecular complexity index is 976. The highest BCUT2D eigenvalue weighted by Crippen LogP contribution is 2.15. The lowest BCUT2D eigenvalue weighted by atomic mass is 10.1. The molecule has 0 fully saturated rings. The van der Waals surface area contributed by atoms with Crippen LogP contribution in [0, 0.1) is 0 Å². The molecule has 1 unspecified atom stereocenters. The second-order valence-corrected chi connectivity index (χ2v) is 6.72. The fourth-order valence-corrected chi connectivity index (χ4v) is 2.91. The summed E-state index contributed by atoms with van der Waals surface area (Å²) in [5.74, 6) is -0.635. The van der Waals surface area contributed by atoms with Gasteiger partial charge in [-0.05, 0) is 36.2 Å². The summed E-state index contributed by atoms with van der Waals surface area (Å²) >= 11 is 6.10. The number of pyridine rings is 1. The van der Waals surface area contributed by atoms with Crippen molar-refractivity contribution in [3.05, 3.63) is 100 Å². The van der Waals surface area contributed by atoms with E-state index in [1.807, 2.05) is 55.5 Å². The fourth-order valence-electron chi connectivity index (χ4n) is 2.71. The van der Waals surface area contributed by atoms with Crippen molar-refractivity contribution < 1.29 is 9.59 Å². The van der Waals surface area contributed by atoms with Gasteiger partial charge in [0.15, 0.2) is 0 Å². The number of halogens is 1. The van der Waals surface area contributed by atoms with Gasteiger partial charge in [0.1, 0.15) is 5.69 Å². The summed E-state index contributed by atoms with van der Waals surface area (Å²) in [6, 6.07) is 19.9. The molecule has 3 aromatic rings. The molecule has 2 N–H and O–H groups in total. The summed E-state index contributed by atoms with van der Waals surface area (Å²) < 4.78 is 0. The normalized spacial score (nSPS) is 11.5. The van der Waals surface area contributed by atoms with Crippen molar-refractivity contribution in [3.8, 4) is 0 Å². The molecule has 0 spiro atoms. The van der Waals surface area contributed by atoms with Gasteiger partial charge in [-0.3, -0.25) is 14.6 Å². The van der Waals surface area contributed by atoms with Gasteiger partial charge in [0.05, 0.1) is 6.04 Å². The van der Waals surface area contributed by atoms with E-state index in [1.165, 1.54) is 12.3 Å². The Morgan fingerprint density at radius 1 is 1.00 bits per heavy atom. The van der Waals surface area contributed by atoms with Crippen LogP contribution in [-0.2, 0) is 6.54 Å². The largest absolute Gasteiger partial charge is 0.347 e. The van der Waals surface area contributed by atoms with Gasteiger partial charge in [-0.2, -0.15) is 0 Å². The Morgan fingerprint density at radius 2 is 1.71 bits per heavy atom. The number of nitrogens with one attached hydrogen (secondary N) is 2. The SMILES string of the molecule is CC(NC(=O)c1ccnc(C(=O)NCc2ccccc2Cl)c1)c1ccccc1. The number of carbonyl (C=O) groups excluding carboxylic acids is 2. The van der Waals surface area contributed by atoms with Crippen molar-refractivity contribution >= 4 is 23.4 Å². The molecule has 0 aliphatic heterocycles. The molecule has 5 nitrogen and oxygen atoms in total. The molecule has 0 radical (unpaired) electrons. The van der Waals surface area contributed by atoms with Crippen LogP contribution in [0.25, 0.3) is 0 Å². The molecule has 2 aromatic carbocycles. The minimum Gasteiger partial charge on any atom is -0.347 e. The maximum absolute atomic E-state index is 12.5. The summed E-state index contributed by atoms with van der Waals surface area (Å²) in [5, 5.41) is 6.28. The molecule has 0 saturated heterocycles. The van der Waals surface area contributed by atoms with E-state index in [2.05, 4.69) is 15.6 Å². The highest BCUT2D eigenvalue weighted by molar-refractivity contribution is 6.31. The molecule has 0 saturated carbocycles. The van der Waals surface area contributed by atoms with Gasteiger partial charge < -0.3 is 10.6 Å². The molecule has 6 heteroatoms. The number of nitrogens with zero attached hydrogens (tertiary/aromatic N) is 1. The van der Waals surface area contributed by atoms with Gasteiger partial charge in [0.25, 0.3) is 11.8 Å². The molecule has 28 heavy (non-hydrogen) atoms.